The first-order valence-electron chi connectivity index (χ1n) is 5.87. The van der Waals surface area contributed by atoms with Gasteiger partial charge >= 0.3 is 5.97 Å². The topological polar surface area (TPSA) is 49.3 Å². The van der Waals surface area contributed by atoms with Gasteiger partial charge in [-0.25, -0.2) is 4.79 Å². The molecule has 1 heterocycles. The van der Waals surface area contributed by atoms with Crippen LogP contribution in [0.3, 0.4) is 0 Å². The minimum atomic E-state index is -1.02. The van der Waals surface area contributed by atoms with Gasteiger partial charge in [0.1, 0.15) is 5.56 Å². The quantitative estimate of drug-likeness (QED) is 0.871. The van der Waals surface area contributed by atoms with Crippen molar-refractivity contribution in [3.8, 4) is 0 Å². The maximum absolute atomic E-state index is 11.2. The molecule has 0 radical (unpaired) electrons. The number of carbonyl (C=O) groups is 1. The van der Waals surface area contributed by atoms with Crippen LogP contribution in [0.1, 0.15) is 22.8 Å². The molecule has 100 valence electrons. The third kappa shape index (κ3) is 3.49. The lowest BCUT2D eigenvalue weighted by Gasteiger charge is -2.17. The highest BCUT2D eigenvalue weighted by atomic mass is 35.5. The molecule has 19 heavy (non-hydrogen) atoms. The second-order valence-corrected chi connectivity index (χ2v) is 5.54. The fourth-order valence-corrected chi connectivity index (χ4v) is 2.88. The molecule has 0 bridgehead atoms. The average Bonchev–Trinajstić information content (AvgIpc) is 2.81. The summed E-state index contributed by atoms with van der Waals surface area (Å²) in [7, 11) is 0. The summed E-state index contributed by atoms with van der Waals surface area (Å²) < 4.78 is 0. The highest BCUT2D eigenvalue weighted by Gasteiger charge is 2.15. The number of thiophene rings is 1. The second-order valence-electron chi connectivity index (χ2n) is 4.35. The van der Waals surface area contributed by atoms with Gasteiger partial charge in [0.15, 0.2) is 0 Å². The van der Waals surface area contributed by atoms with E-state index in [9.17, 15) is 9.90 Å². The third-order valence-corrected chi connectivity index (χ3v) is 3.80. The first kappa shape index (κ1) is 13.9. The van der Waals surface area contributed by atoms with Crippen LogP contribution in [-0.2, 0) is 6.42 Å². The molecule has 0 aliphatic rings. The van der Waals surface area contributed by atoms with Gasteiger partial charge in [-0.05, 0) is 47.9 Å². The smallest absolute Gasteiger partial charge is 0.339 e. The number of hydrogen-bond acceptors (Lipinski definition) is 3. The minimum absolute atomic E-state index is 0.126. The first-order valence-corrected chi connectivity index (χ1v) is 7.19. The number of carboxylic acids is 1. The van der Waals surface area contributed by atoms with E-state index in [1.807, 2.05) is 12.3 Å². The highest BCUT2D eigenvalue weighted by Crippen LogP contribution is 2.25. The van der Waals surface area contributed by atoms with E-state index in [2.05, 4.69) is 16.8 Å². The minimum Gasteiger partial charge on any atom is -0.478 e. The molecule has 2 rings (SSSR count). The van der Waals surface area contributed by atoms with E-state index >= 15 is 0 Å². The van der Waals surface area contributed by atoms with Crippen molar-refractivity contribution in [1.82, 2.24) is 0 Å². The molecule has 0 aliphatic carbocycles. The number of hydrogen-bond donors (Lipinski definition) is 2. The Hall–Kier alpha value is -1.52. The van der Waals surface area contributed by atoms with E-state index in [0.717, 1.165) is 6.42 Å². The van der Waals surface area contributed by atoms with E-state index in [1.54, 1.807) is 29.5 Å². The Morgan fingerprint density at radius 2 is 2.26 bits per heavy atom. The standard InChI is InChI=1S/C14H14ClNO2S/c1-9(7-10-5-6-19-8-10)16-12-4-2-3-11(15)13(12)14(17)18/h2-6,8-9,16H,7H2,1H3,(H,17,18). The SMILES string of the molecule is CC(Cc1ccsc1)Nc1cccc(Cl)c1C(=O)O. The molecule has 0 saturated carbocycles. The number of benzene rings is 1. The lowest BCUT2D eigenvalue weighted by Crippen LogP contribution is -2.19. The number of carboxylic acid groups (broad SMARTS) is 1. The molecule has 1 atom stereocenters. The van der Waals surface area contributed by atoms with Gasteiger partial charge in [-0.2, -0.15) is 11.3 Å². The number of anilines is 1. The van der Waals surface area contributed by atoms with Crippen LogP contribution < -0.4 is 5.32 Å². The second kappa shape index (κ2) is 6.08. The Kier molecular flexibility index (Phi) is 4.45. The maximum Gasteiger partial charge on any atom is 0.339 e. The van der Waals surface area contributed by atoms with Gasteiger partial charge in [-0.15, -0.1) is 0 Å². The lowest BCUT2D eigenvalue weighted by atomic mass is 10.1. The Morgan fingerprint density at radius 3 is 2.89 bits per heavy atom. The van der Waals surface area contributed by atoms with Crippen LogP contribution in [0.2, 0.25) is 5.02 Å². The van der Waals surface area contributed by atoms with Crippen LogP contribution in [0.25, 0.3) is 0 Å². The molecule has 5 heteroatoms. The largest absolute Gasteiger partial charge is 0.478 e. The predicted octanol–water partition coefficient (Wildman–Crippen LogP) is 4.14. The molecule has 3 nitrogen and oxygen atoms in total. The van der Waals surface area contributed by atoms with Crippen LogP contribution in [-0.4, -0.2) is 17.1 Å². The van der Waals surface area contributed by atoms with Crippen molar-refractivity contribution >= 4 is 34.6 Å². The zero-order chi connectivity index (χ0) is 13.8. The van der Waals surface area contributed by atoms with Gasteiger partial charge in [0, 0.05) is 6.04 Å². The summed E-state index contributed by atoms with van der Waals surface area (Å²) in [6, 6.07) is 7.26. The van der Waals surface area contributed by atoms with E-state index in [4.69, 9.17) is 11.6 Å². The summed E-state index contributed by atoms with van der Waals surface area (Å²) in [5, 5.41) is 16.8. The molecule has 2 aromatic rings. The molecule has 1 aromatic carbocycles. The van der Waals surface area contributed by atoms with Crippen LogP contribution in [0.5, 0.6) is 0 Å². The molecule has 1 unspecified atom stereocenters. The van der Waals surface area contributed by atoms with E-state index in [0.29, 0.717) is 5.69 Å². The summed E-state index contributed by atoms with van der Waals surface area (Å²) in [5.74, 6) is -1.02. The predicted molar refractivity (Wildman–Crippen MR) is 79.5 cm³/mol. The molecule has 2 N–H and O–H groups in total. The zero-order valence-electron chi connectivity index (χ0n) is 10.4. The maximum atomic E-state index is 11.2. The van der Waals surface area contributed by atoms with Gasteiger partial charge in [0.25, 0.3) is 0 Å². The van der Waals surface area contributed by atoms with Crippen molar-refractivity contribution in [2.75, 3.05) is 5.32 Å². The van der Waals surface area contributed by atoms with Gasteiger partial charge in [0.2, 0.25) is 0 Å². The fourth-order valence-electron chi connectivity index (χ4n) is 1.94. The van der Waals surface area contributed by atoms with Crippen molar-refractivity contribution in [1.29, 1.82) is 0 Å². The number of halogens is 1. The Balaban J connectivity index is 2.14. The molecule has 1 aromatic heterocycles. The van der Waals surface area contributed by atoms with Crippen molar-refractivity contribution in [2.24, 2.45) is 0 Å². The Morgan fingerprint density at radius 1 is 1.47 bits per heavy atom. The number of aromatic carboxylic acids is 1. The van der Waals surface area contributed by atoms with Crippen LogP contribution >= 0.6 is 22.9 Å². The van der Waals surface area contributed by atoms with Crippen LogP contribution in [0, 0.1) is 0 Å². The normalized spacial score (nSPS) is 12.1. The molecular formula is C14H14ClNO2S. The van der Waals surface area contributed by atoms with Gasteiger partial charge in [-0.1, -0.05) is 17.7 Å². The first-order chi connectivity index (χ1) is 9.08. The molecule has 0 spiro atoms. The fraction of sp³-hybridized carbons (Fsp3) is 0.214. The molecular weight excluding hydrogens is 282 g/mol. The number of nitrogens with one attached hydrogen (secondary N) is 1. The molecule has 0 amide bonds. The summed E-state index contributed by atoms with van der Waals surface area (Å²) in [4.78, 5) is 11.2. The summed E-state index contributed by atoms with van der Waals surface area (Å²) in [6.45, 7) is 2.02. The van der Waals surface area contributed by atoms with Gasteiger partial charge in [-0.3, -0.25) is 0 Å². The van der Waals surface area contributed by atoms with Crippen molar-refractivity contribution in [3.05, 3.63) is 51.2 Å². The summed E-state index contributed by atoms with van der Waals surface area (Å²) >= 11 is 7.59. The summed E-state index contributed by atoms with van der Waals surface area (Å²) in [5.41, 5.74) is 1.92. The Labute approximate surface area is 120 Å². The van der Waals surface area contributed by atoms with Crippen molar-refractivity contribution in [3.63, 3.8) is 0 Å². The molecule has 0 saturated heterocycles. The van der Waals surface area contributed by atoms with Gasteiger partial charge < -0.3 is 10.4 Å². The van der Waals surface area contributed by atoms with Crippen LogP contribution in [0.15, 0.2) is 35.0 Å². The Bertz CT molecular complexity index is 569. The average molecular weight is 296 g/mol. The lowest BCUT2D eigenvalue weighted by molar-refractivity contribution is 0.0698. The van der Waals surface area contributed by atoms with E-state index < -0.39 is 5.97 Å². The molecule has 0 fully saturated rings. The van der Waals surface area contributed by atoms with Crippen LogP contribution in [0.4, 0.5) is 5.69 Å². The summed E-state index contributed by atoms with van der Waals surface area (Å²) in [6.07, 6.45) is 0.842. The van der Waals surface area contributed by atoms with Crippen molar-refractivity contribution < 1.29 is 9.90 Å². The monoisotopic (exact) mass is 295 g/mol. The third-order valence-electron chi connectivity index (χ3n) is 2.75. The number of rotatable bonds is 5. The highest BCUT2D eigenvalue weighted by molar-refractivity contribution is 7.07. The zero-order valence-corrected chi connectivity index (χ0v) is 12.0. The molecule has 0 aliphatic heterocycles. The van der Waals surface area contributed by atoms with Crippen molar-refractivity contribution in [2.45, 2.75) is 19.4 Å². The van der Waals surface area contributed by atoms with E-state index in [-0.39, 0.29) is 16.6 Å². The van der Waals surface area contributed by atoms with Gasteiger partial charge in [0.05, 0.1) is 10.7 Å². The van der Waals surface area contributed by atoms with E-state index in [1.165, 1.54) is 5.56 Å².